The van der Waals surface area contributed by atoms with Crippen molar-refractivity contribution >= 4 is 29.2 Å². The molecule has 0 radical (unpaired) electrons. The Morgan fingerprint density at radius 2 is 2.17 bits per heavy atom. The summed E-state index contributed by atoms with van der Waals surface area (Å²) in [6.07, 6.45) is 0. The van der Waals surface area contributed by atoms with Gasteiger partial charge in [-0.25, -0.2) is 4.39 Å². The minimum absolute atomic E-state index is 0.0121. The maximum absolute atomic E-state index is 13.3. The number of benzene rings is 1. The molecule has 1 unspecified atom stereocenters. The zero-order valence-corrected chi connectivity index (χ0v) is 11.6. The van der Waals surface area contributed by atoms with Crippen LogP contribution in [-0.4, -0.2) is 19.1 Å². The number of hydrogen-bond acceptors (Lipinski definition) is 3. The molecule has 3 nitrogen and oxygen atoms in total. The van der Waals surface area contributed by atoms with E-state index in [1.165, 1.54) is 12.1 Å². The summed E-state index contributed by atoms with van der Waals surface area (Å²) >= 11 is 11.8. The van der Waals surface area contributed by atoms with Gasteiger partial charge in [0.1, 0.15) is 5.82 Å². The molecule has 1 aromatic carbocycles. The average Bonchev–Trinajstić information content (AvgIpc) is 2.32. The zero-order chi connectivity index (χ0) is 13.7. The number of carbonyl (C=O) groups excluding carboxylic acids is 1. The highest BCUT2D eigenvalue weighted by Gasteiger charge is 2.17. The van der Waals surface area contributed by atoms with Crippen molar-refractivity contribution in [1.29, 1.82) is 0 Å². The fourth-order valence-corrected chi connectivity index (χ4v) is 2.19. The largest absolute Gasteiger partial charge is 0.465 e. The van der Waals surface area contributed by atoms with Crippen molar-refractivity contribution in [2.45, 2.75) is 19.9 Å². The third kappa shape index (κ3) is 3.83. The second-order valence-electron chi connectivity index (χ2n) is 3.66. The van der Waals surface area contributed by atoms with Gasteiger partial charge in [0.15, 0.2) is 0 Å². The predicted octanol–water partition coefficient (Wildman–Crippen LogP) is 3.35. The molecule has 0 saturated heterocycles. The van der Waals surface area contributed by atoms with E-state index >= 15 is 0 Å². The molecule has 0 aliphatic heterocycles. The number of carbonyl (C=O) groups is 1. The average molecular weight is 294 g/mol. The fourth-order valence-electron chi connectivity index (χ4n) is 1.49. The molecule has 0 aliphatic carbocycles. The first-order valence-electron chi connectivity index (χ1n) is 5.49. The SMILES string of the molecule is CCOC(=O)CNC(C)c1c(Cl)ccc(F)c1Cl. The Kier molecular flexibility index (Phi) is 5.85. The maximum atomic E-state index is 13.3. The van der Waals surface area contributed by atoms with Crippen molar-refractivity contribution in [2.75, 3.05) is 13.2 Å². The molecule has 1 rings (SSSR count). The zero-order valence-electron chi connectivity index (χ0n) is 10.1. The van der Waals surface area contributed by atoms with Gasteiger partial charge in [-0.15, -0.1) is 0 Å². The van der Waals surface area contributed by atoms with E-state index in [2.05, 4.69) is 5.32 Å². The second kappa shape index (κ2) is 6.92. The number of ether oxygens (including phenoxy) is 1. The minimum atomic E-state index is -0.541. The van der Waals surface area contributed by atoms with Crippen LogP contribution < -0.4 is 5.32 Å². The molecule has 18 heavy (non-hydrogen) atoms. The molecule has 0 amide bonds. The van der Waals surface area contributed by atoms with Gasteiger partial charge in [-0.2, -0.15) is 0 Å². The van der Waals surface area contributed by atoms with Crippen LogP contribution in [0.25, 0.3) is 0 Å². The summed E-state index contributed by atoms with van der Waals surface area (Å²) in [7, 11) is 0. The second-order valence-corrected chi connectivity index (χ2v) is 4.45. The van der Waals surface area contributed by atoms with Crippen molar-refractivity contribution in [3.05, 3.63) is 33.6 Å². The Bertz CT molecular complexity index is 440. The number of nitrogens with one attached hydrogen (secondary N) is 1. The van der Waals surface area contributed by atoms with E-state index in [0.29, 0.717) is 17.2 Å². The minimum Gasteiger partial charge on any atom is -0.465 e. The summed E-state index contributed by atoms with van der Waals surface area (Å²) in [6.45, 7) is 3.79. The smallest absolute Gasteiger partial charge is 0.319 e. The molecule has 1 N–H and O–H groups in total. The Morgan fingerprint density at radius 3 is 2.78 bits per heavy atom. The van der Waals surface area contributed by atoms with Crippen LogP contribution in [0.15, 0.2) is 12.1 Å². The van der Waals surface area contributed by atoms with Gasteiger partial charge < -0.3 is 10.1 Å². The normalized spacial score (nSPS) is 12.3. The number of hydrogen-bond donors (Lipinski definition) is 1. The quantitative estimate of drug-likeness (QED) is 0.668. The standard InChI is InChI=1S/C12H14Cl2FNO2/c1-3-18-10(17)6-16-7(2)11-8(13)4-5-9(15)12(11)14/h4-5,7,16H,3,6H2,1-2H3. The lowest BCUT2D eigenvalue weighted by atomic mass is 10.1. The Balaban J connectivity index is 2.75. The first-order chi connectivity index (χ1) is 8.47. The van der Waals surface area contributed by atoms with Crippen molar-refractivity contribution in [2.24, 2.45) is 0 Å². The van der Waals surface area contributed by atoms with E-state index in [-0.39, 0.29) is 23.6 Å². The first-order valence-corrected chi connectivity index (χ1v) is 6.25. The van der Waals surface area contributed by atoms with Crippen LogP contribution in [0.4, 0.5) is 4.39 Å². The van der Waals surface area contributed by atoms with Gasteiger partial charge in [-0.05, 0) is 26.0 Å². The number of esters is 1. The Hall–Kier alpha value is -0.840. The van der Waals surface area contributed by atoms with E-state index in [9.17, 15) is 9.18 Å². The summed E-state index contributed by atoms with van der Waals surface area (Å²) in [6, 6.07) is 2.28. The van der Waals surface area contributed by atoms with Crippen LogP contribution in [0.3, 0.4) is 0 Å². The van der Waals surface area contributed by atoms with E-state index < -0.39 is 5.82 Å². The van der Waals surface area contributed by atoms with Crippen molar-refractivity contribution in [3.8, 4) is 0 Å². The van der Waals surface area contributed by atoms with Crippen LogP contribution in [0, 0.1) is 5.82 Å². The molecule has 0 aromatic heterocycles. The molecule has 1 atom stereocenters. The van der Waals surface area contributed by atoms with Crippen LogP contribution in [0.2, 0.25) is 10.0 Å². The van der Waals surface area contributed by atoms with Gasteiger partial charge >= 0.3 is 5.97 Å². The van der Waals surface area contributed by atoms with Crippen LogP contribution in [-0.2, 0) is 9.53 Å². The third-order valence-corrected chi connectivity index (χ3v) is 3.08. The maximum Gasteiger partial charge on any atom is 0.319 e. The highest BCUT2D eigenvalue weighted by molar-refractivity contribution is 6.36. The van der Waals surface area contributed by atoms with E-state index in [0.717, 1.165) is 0 Å². The lowest BCUT2D eigenvalue weighted by molar-refractivity contribution is -0.142. The summed E-state index contributed by atoms with van der Waals surface area (Å²) in [5.74, 6) is -0.922. The van der Waals surface area contributed by atoms with Gasteiger partial charge in [0, 0.05) is 16.6 Å². The summed E-state index contributed by atoms with van der Waals surface area (Å²) < 4.78 is 18.1. The molecule has 0 fully saturated rings. The Morgan fingerprint density at radius 1 is 1.50 bits per heavy atom. The molecule has 100 valence electrons. The first kappa shape index (κ1) is 15.2. The molecular weight excluding hydrogens is 280 g/mol. The molecule has 1 aromatic rings. The lowest BCUT2D eigenvalue weighted by Gasteiger charge is -2.17. The number of rotatable bonds is 5. The van der Waals surface area contributed by atoms with E-state index in [1.807, 2.05) is 0 Å². The topological polar surface area (TPSA) is 38.3 Å². The van der Waals surface area contributed by atoms with E-state index in [1.54, 1.807) is 13.8 Å². The predicted molar refractivity (Wildman–Crippen MR) is 69.5 cm³/mol. The molecule has 0 aliphatic rings. The van der Waals surface area contributed by atoms with Gasteiger partial charge in [0.25, 0.3) is 0 Å². The van der Waals surface area contributed by atoms with Gasteiger partial charge in [0.2, 0.25) is 0 Å². The highest BCUT2D eigenvalue weighted by Crippen LogP contribution is 2.32. The molecule has 6 heteroatoms. The monoisotopic (exact) mass is 293 g/mol. The molecular formula is C12H14Cl2FNO2. The number of halogens is 3. The van der Waals surface area contributed by atoms with Gasteiger partial charge in [0.05, 0.1) is 18.2 Å². The summed E-state index contributed by atoms with van der Waals surface area (Å²) in [5.41, 5.74) is 0.433. The molecule has 0 heterocycles. The molecule has 0 saturated carbocycles. The summed E-state index contributed by atoms with van der Waals surface area (Å²) in [4.78, 5) is 11.2. The molecule has 0 bridgehead atoms. The van der Waals surface area contributed by atoms with Crippen LogP contribution in [0.5, 0.6) is 0 Å². The van der Waals surface area contributed by atoms with Crippen LogP contribution in [0.1, 0.15) is 25.5 Å². The third-order valence-electron chi connectivity index (χ3n) is 2.37. The van der Waals surface area contributed by atoms with Crippen molar-refractivity contribution in [3.63, 3.8) is 0 Å². The van der Waals surface area contributed by atoms with Crippen molar-refractivity contribution < 1.29 is 13.9 Å². The van der Waals surface area contributed by atoms with Crippen molar-refractivity contribution in [1.82, 2.24) is 5.32 Å². The van der Waals surface area contributed by atoms with Gasteiger partial charge in [-0.3, -0.25) is 4.79 Å². The fraction of sp³-hybridized carbons (Fsp3) is 0.417. The van der Waals surface area contributed by atoms with Gasteiger partial charge in [-0.1, -0.05) is 23.2 Å². The van der Waals surface area contributed by atoms with Crippen LogP contribution >= 0.6 is 23.2 Å². The Labute approximate surface area is 115 Å². The van der Waals surface area contributed by atoms with E-state index in [4.69, 9.17) is 27.9 Å². The summed E-state index contributed by atoms with van der Waals surface area (Å²) in [5, 5.41) is 3.20. The highest BCUT2D eigenvalue weighted by atomic mass is 35.5. The lowest BCUT2D eigenvalue weighted by Crippen LogP contribution is -2.27. The molecule has 0 spiro atoms.